The Kier molecular flexibility index (Phi) is 14.1. The summed E-state index contributed by atoms with van der Waals surface area (Å²) in [6.07, 6.45) is 4.15. The van der Waals surface area contributed by atoms with Gasteiger partial charge in [-0.15, -0.1) is 0 Å². The monoisotopic (exact) mass is 831 g/mol. The van der Waals surface area contributed by atoms with Gasteiger partial charge in [0.15, 0.2) is 10.5 Å². The molecule has 60 heavy (non-hydrogen) atoms. The van der Waals surface area contributed by atoms with Crippen molar-refractivity contribution in [3.05, 3.63) is 131 Å². The Morgan fingerprint density at radius 2 is 1.58 bits per heavy atom. The molecule has 2 aliphatic rings. The van der Waals surface area contributed by atoms with Crippen molar-refractivity contribution >= 4 is 57.7 Å². The van der Waals surface area contributed by atoms with Crippen LogP contribution in [0.2, 0.25) is 0 Å². The van der Waals surface area contributed by atoms with Gasteiger partial charge in [0.05, 0.1) is 30.6 Å². The maximum Gasteiger partial charge on any atom is 0.336 e. The van der Waals surface area contributed by atoms with Crippen LogP contribution < -0.4 is 26.7 Å². The van der Waals surface area contributed by atoms with E-state index in [1.807, 2.05) is 36.4 Å². The molecule has 6 N–H and O–H groups in total. The van der Waals surface area contributed by atoms with E-state index in [1.165, 1.54) is 37.4 Å². The minimum absolute atomic E-state index is 0.00604. The Morgan fingerprint density at radius 1 is 0.867 bits per heavy atom. The second-order valence-corrected chi connectivity index (χ2v) is 14.0. The number of thiocarbonyl (C=S) groups is 1. The Morgan fingerprint density at radius 3 is 2.25 bits per heavy atom. The summed E-state index contributed by atoms with van der Waals surface area (Å²) in [7, 11) is 1.20. The smallest absolute Gasteiger partial charge is 0.336 e. The quantitative estimate of drug-likeness (QED) is 0.0428. The number of rotatable bonds is 17. The molecule has 2 aromatic carbocycles. The molecule has 1 aliphatic carbocycles. The van der Waals surface area contributed by atoms with Gasteiger partial charge in [-0.3, -0.25) is 34.0 Å². The van der Waals surface area contributed by atoms with Gasteiger partial charge in [0.2, 0.25) is 11.8 Å². The van der Waals surface area contributed by atoms with Crippen LogP contribution >= 0.6 is 12.2 Å². The van der Waals surface area contributed by atoms with Gasteiger partial charge in [0.1, 0.15) is 29.7 Å². The van der Waals surface area contributed by atoms with Crippen molar-refractivity contribution in [1.29, 1.82) is 0 Å². The first-order chi connectivity index (χ1) is 29.0. The van der Waals surface area contributed by atoms with Crippen molar-refractivity contribution < 1.29 is 38.5 Å². The highest BCUT2D eigenvalue weighted by Gasteiger charge is 2.24. The molecule has 0 saturated carbocycles. The number of carbonyl (C=O) groups is 4. The lowest BCUT2D eigenvalue weighted by Crippen LogP contribution is -2.50. The Bertz CT molecular complexity index is 2490. The summed E-state index contributed by atoms with van der Waals surface area (Å²) in [5.41, 5.74) is 3.13. The largest absolute Gasteiger partial charge is 0.508 e. The molecule has 2 aromatic heterocycles. The normalized spacial score (nSPS) is 11.5. The lowest BCUT2D eigenvalue weighted by atomic mass is 9.90. The number of phenols is 1. The number of nitrogens with one attached hydrogen (secondary N) is 4. The molecule has 16 nitrogen and oxygen atoms in total. The molecule has 0 spiro atoms. The van der Waals surface area contributed by atoms with Gasteiger partial charge in [-0.1, -0.05) is 18.2 Å². The number of benzene rings is 3. The number of aromatic hydroxyl groups is 1. The second-order valence-electron chi connectivity index (χ2n) is 13.6. The number of carboxylic acid groups (broad SMARTS) is 1. The maximum absolute atomic E-state index is 13.2. The summed E-state index contributed by atoms with van der Waals surface area (Å²) < 4.78 is 10.5. The molecule has 17 heteroatoms. The number of aromatic carboxylic acids is 1. The molecule has 0 fully saturated rings. The average Bonchev–Trinajstić information content (AvgIpc) is 3.24. The third-order valence-electron chi connectivity index (χ3n) is 9.34. The zero-order valence-corrected chi connectivity index (χ0v) is 33.2. The van der Waals surface area contributed by atoms with Gasteiger partial charge in [0, 0.05) is 59.8 Å². The number of hydrogen-bond acceptors (Lipinski definition) is 12. The molecule has 0 radical (unpaired) electrons. The third-order valence-corrected chi connectivity index (χ3v) is 9.59. The van der Waals surface area contributed by atoms with E-state index in [-0.39, 0.29) is 52.7 Å². The van der Waals surface area contributed by atoms with Crippen LogP contribution in [0.5, 0.6) is 5.75 Å². The van der Waals surface area contributed by atoms with Gasteiger partial charge < -0.3 is 40.6 Å². The number of hydrogen-bond donors (Lipinski definition) is 6. The second kappa shape index (κ2) is 20.0. The Balaban J connectivity index is 1.12. The summed E-state index contributed by atoms with van der Waals surface area (Å²) in [4.78, 5) is 74.1. The van der Waals surface area contributed by atoms with E-state index >= 15 is 0 Å². The van der Waals surface area contributed by atoms with E-state index in [1.54, 1.807) is 36.7 Å². The fraction of sp³-hybridized carbons (Fsp3) is 0.209. The minimum Gasteiger partial charge on any atom is -0.508 e. The summed E-state index contributed by atoms with van der Waals surface area (Å²) in [5.74, 6) is -2.91. The van der Waals surface area contributed by atoms with E-state index in [4.69, 9.17) is 16.6 Å². The zero-order chi connectivity index (χ0) is 42.6. The molecular weight excluding hydrogens is 791 g/mol. The van der Waals surface area contributed by atoms with Gasteiger partial charge >= 0.3 is 11.9 Å². The number of fused-ring (bicyclic) bond motifs is 2. The zero-order valence-electron chi connectivity index (χ0n) is 32.3. The molecule has 0 unspecified atom stereocenters. The van der Waals surface area contributed by atoms with Gasteiger partial charge in [-0.05, 0) is 97.8 Å². The molecule has 6 rings (SSSR count). The number of ether oxygens (including phenoxy) is 1. The van der Waals surface area contributed by atoms with Crippen molar-refractivity contribution in [2.75, 3.05) is 32.1 Å². The highest BCUT2D eigenvalue weighted by molar-refractivity contribution is 7.80. The lowest BCUT2D eigenvalue weighted by molar-refractivity contribution is -0.141. The van der Waals surface area contributed by atoms with Crippen LogP contribution in [0, 0.1) is 0 Å². The van der Waals surface area contributed by atoms with Crippen molar-refractivity contribution in [3.8, 4) is 28.2 Å². The number of nitrogens with zero attached hydrogens (tertiary/aromatic N) is 3. The lowest BCUT2D eigenvalue weighted by Gasteiger charge is -2.24. The predicted octanol–water partition coefficient (Wildman–Crippen LogP) is 4.30. The molecule has 3 heterocycles. The molecule has 0 bridgehead atoms. The number of amides is 2. The molecule has 1 atom stereocenters. The topological polar surface area (TPSA) is 225 Å². The fourth-order valence-electron chi connectivity index (χ4n) is 6.55. The number of aromatic nitrogens is 2. The average molecular weight is 832 g/mol. The molecule has 0 saturated heterocycles. The summed E-state index contributed by atoms with van der Waals surface area (Å²) in [5, 5.41) is 31.8. The number of anilines is 1. The molecule has 308 valence electrons. The van der Waals surface area contributed by atoms with Crippen molar-refractivity contribution in [2.24, 2.45) is 0 Å². The molecular formula is C43H41N7O9S. The number of carboxylic acids is 1. The molecule has 2 amide bonds. The highest BCUT2D eigenvalue weighted by Crippen LogP contribution is 2.42. The fourth-order valence-corrected chi connectivity index (χ4v) is 6.74. The summed E-state index contributed by atoms with van der Waals surface area (Å²) in [6, 6.07) is 23.5. The van der Waals surface area contributed by atoms with E-state index < -0.39 is 29.8 Å². The third kappa shape index (κ3) is 11.2. The number of pyridine rings is 2. The van der Waals surface area contributed by atoms with Crippen molar-refractivity contribution in [2.45, 2.75) is 32.0 Å². The van der Waals surface area contributed by atoms with Crippen LogP contribution in [0.3, 0.4) is 0 Å². The molecule has 4 aromatic rings. The molecule has 1 aliphatic heterocycles. The van der Waals surface area contributed by atoms with Crippen LogP contribution in [0.15, 0.2) is 113 Å². The van der Waals surface area contributed by atoms with Crippen LogP contribution in [-0.2, 0) is 32.2 Å². The van der Waals surface area contributed by atoms with Crippen LogP contribution in [0.25, 0.3) is 33.4 Å². The first kappa shape index (κ1) is 42.4. The number of esters is 1. The maximum atomic E-state index is 13.2. The van der Waals surface area contributed by atoms with Crippen LogP contribution in [-0.4, -0.2) is 86.7 Å². The van der Waals surface area contributed by atoms with E-state index in [2.05, 4.69) is 40.9 Å². The van der Waals surface area contributed by atoms with Crippen molar-refractivity contribution in [1.82, 2.24) is 30.8 Å². The predicted molar refractivity (Wildman–Crippen MR) is 226 cm³/mol. The van der Waals surface area contributed by atoms with Gasteiger partial charge in [-0.2, -0.15) is 0 Å². The standard InChI is InChI=1S/C43H41N7O9S/c1-58-39(54)23-46-41(55)35(9-6-18-50(24-27-7-2-4-16-44-27)25-28-8-3-5-17-45-28)49-38(53)22-47-43(60)48-26-10-13-31(34(19-26)42(56)57)40-32-14-11-29(51)20-36(32)59-37-21-30(52)12-15-33(37)40/h2-5,7-8,10-17,19-21,35,51H,6,9,18,22-25H2,1H3,(H,46,55)(H,49,53)(H,56,57)(H2,47,48,60)/t35-/m1/s1. The number of carbonyl (C=O) groups excluding carboxylic acids is 3. The van der Waals surface area contributed by atoms with Crippen LogP contribution in [0.1, 0.15) is 34.6 Å². The Hall–Kier alpha value is -7.24. The minimum atomic E-state index is -1.25. The first-order valence-electron chi connectivity index (χ1n) is 18.8. The summed E-state index contributed by atoms with van der Waals surface area (Å²) in [6.45, 7) is 0.858. The number of methoxy groups -OCH3 is 1. The summed E-state index contributed by atoms with van der Waals surface area (Å²) >= 11 is 5.43. The van der Waals surface area contributed by atoms with E-state index in [0.717, 1.165) is 11.4 Å². The Labute approximate surface area is 349 Å². The van der Waals surface area contributed by atoms with Crippen molar-refractivity contribution in [3.63, 3.8) is 0 Å². The van der Waals surface area contributed by atoms with Gasteiger partial charge in [-0.25, -0.2) is 4.79 Å². The highest BCUT2D eigenvalue weighted by atomic mass is 32.1. The first-order valence-corrected chi connectivity index (χ1v) is 19.2. The van der Waals surface area contributed by atoms with Crippen LogP contribution in [0.4, 0.5) is 5.69 Å². The van der Waals surface area contributed by atoms with E-state index in [9.17, 15) is 34.2 Å². The van der Waals surface area contributed by atoms with E-state index in [0.29, 0.717) is 53.8 Å². The van der Waals surface area contributed by atoms with Gasteiger partial charge in [0.25, 0.3) is 0 Å². The SMILES string of the molecule is COC(=O)CNC(=O)[C@@H](CCCN(Cc1ccccn1)Cc1ccccn1)NC(=O)CNC(=S)Nc1ccc(-c2c3ccc(=O)cc-3oc3cc(O)ccc23)c(C(=O)O)c1. The number of phenolic OH excluding ortho intramolecular Hbond substituents is 1.